The molecule has 1 saturated heterocycles. The topological polar surface area (TPSA) is 29.5 Å². The smallest absolute Gasteiger partial charge is 0.409 e. The molecule has 0 bridgehead atoms. The van der Waals surface area contributed by atoms with Crippen LogP contribution in [-0.4, -0.2) is 31.2 Å². The summed E-state index contributed by atoms with van der Waals surface area (Å²) in [6.45, 7) is 4.11. The number of amides is 1. The number of ether oxygens (including phenoxy) is 1. The average molecular weight is 169 g/mol. The lowest BCUT2D eigenvalue weighted by Gasteiger charge is -2.57. The van der Waals surface area contributed by atoms with E-state index in [1.807, 2.05) is 0 Å². The zero-order valence-corrected chi connectivity index (χ0v) is 7.67. The number of methoxy groups -OCH3 is 1. The van der Waals surface area contributed by atoms with E-state index < -0.39 is 0 Å². The minimum atomic E-state index is -0.167. The van der Waals surface area contributed by atoms with E-state index in [0.717, 1.165) is 19.0 Å². The molecule has 12 heavy (non-hydrogen) atoms. The molecule has 1 aliphatic carbocycles. The monoisotopic (exact) mass is 169 g/mol. The summed E-state index contributed by atoms with van der Waals surface area (Å²) >= 11 is 0. The van der Waals surface area contributed by atoms with Gasteiger partial charge in [0.2, 0.25) is 0 Å². The maximum atomic E-state index is 11.0. The molecule has 2 rings (SSSR count). The van der Waals surface area contributed by atoms with Crippen LogP contribution in [-0.2, 0) is 4.74 Å². The molecule has 0 N–H and O–H groups in total. The first kappa shape index (κ1) is 7.90. The lowest BCUT2D eigenvalue weighted by molar-refractivity contribution is -0.0771. The van der Waals surface area contributed by atoms with E-state index in [4.69, 9.17) is 0 Å². The van der Waals surface area contributed by atoms with Crippen molar-refractivity contribution < 1.29 is 9.53 Å². The van der Waals surface area contributed by atoms with Gasteiger partial charge >= 0.3 is 6.09 Å². The highest BCUT2D eigenvalue weighted by molar-refractivity contribution is 5.68. The summed E-state index contributed by atoms with van der Waals surface area (Å²) in [4.78, 5) is 12.8. The molecule has 2 aliphatic rings. The Balaban J connectivity index is 1.81. The van der Waals surface area contributed by atoms with Crippen molar-refractivity contribution >= 4 is 6.09 Å². The van der Waals surface area contributed by atoms with Gasteiger partial charge in [0.25, 0.3) is 0 Å². The summed E-state index contributed by atoms with van der Waals surface area (Å²) in [6.07, 6.45) is 2.42. The molecule has 1 amide bonds. The molecule has 0 aromatic heterocycles. The quantitative estimate of drug-likeness (QED) is 0.549. The highest BCUT2D eigenvalue weighted by atomic mass is 16.5. The van der Waals surface area contributed by atoms with E-state index >= 15 is 0 Å². The van der Waals surface area contributed by atoms with Crippen LogP contribution in [0.5, 0.6) is 0 Å². The fourth-order valence-corrected chi connectivity index (χ4v) is 2.70. The molecule has 68 valence electrons. The highest BCUT2D eigenvalue weighted by Gasteiger charge is 2.52. The molecule has 1 spiro atoms. The summed E-state index contributed by atoms with van der Waals surface area (Å²) in [5.41, 5.74) is 0.494. The van der Waals surface area contributed by atoms with Crippen LogP contribution in [0.25, 0.3) is 0 Å². The largest absolute Gasteiger partial charge is 0.453 e. The number of carbonyl (C=O) groups excluding carboxylic acids is 1. The van der Waals surface area contributed by atoms with Gasteiger partial charge in [-0.3, -0.25) is 0 Å². The Labute approximate surface area is 72.7 Å². The first-order valence-electron chi connectivity index (χ1n) is 4.48. The van der Waals surface area contributed by atoms with Gasteiger partial charge in [0, 0.05) is 18.5 Å². The van der Waals surface area contributed by atoms with Gasteiger partial charge < -0.3 is 9.64 Å². The van der Waals surface area contributed by atoms with Gasteiger partial charge in [-0.15, -0.1) is 0 Å². The van der Waals surface area contributed by atoms with Gasteiger partial charge in [-0.05, 0) is 18.8 Å². The number of carbonyl (C=O) groups is 1. The van der Waals surface area contributed by atoms with Crippen LogP contribution < -0.4 is 0 Å². The maximum Gasteiger partial charge on any atom is 0.409 e. The zero-order chi connectivity index (χ0) is 8.77. The molecule has 2 fully saturated rings. The molecule has 3 nitrogen and oxygen atoms in total. The van der Waals surface area contributed by atoms with Crippen LogP contribution in [0, 0.1) is 11.3 Å². The minimum Gasteiger partial charge on any atom is -0.453 e. The standard InChI is InChI=1S/C9H15NO2/c1-7-3-9(4-7)5-10(6-9)8(11)12-2/h7H,3-6H2,1-2H3. The highest BCUT2D eigenvalue weighted by Crippen LogP contribution is 2.51. The van der Waals surface area contributed by atoms with E-state index in [0.29, 0.717) is 5.41 Å². The van der Waals surface area contributed by atoms with E-state index in [1.165, 1.54) is 20.0 Å². The summed E-state index contributed by atoms with van der Waals surface area (Å²) in [6, 6.07) is 0. The average Bonchev–Trinajstić information content (AvgIpc) is 1.92. The Kier molecular flexibility index (Phi) is 1.56. The van der Waals surface area contributed by atoms with E-state index in [9.17, 15) is 4.79 Å². The van der Waals surface area contributed by atoms with Crippen molar-refractivity contribution in [2.45, 2.75) is 19.8 Å². The Morgan fingerprint density at radius 1 is 1.50 bits per heavy atom. The molecule has 0 atom stereocenters. The van der Waals surface area contributed by atoms with Crippen LogP contribution in [0.2, 0.25) is 0 Å². The minimum absolute atomic E-state index is 0.167. The molecule has 0 radical (unpaired) electrons. The van der Waals surface area contributed by atoms with Gasteiger partial charge in [0.1, 0.15) is 0 Å². The number of likely N-dealkylation sites (tertiary alicyclic amines) is 1. The van der Waals surface area contributed by atoms with Crippen molar-refractivity contribution in [3.05, 3.63) is 0 Å². The Morgan fingerprint density at radius 3 is 2.50 bits per heavy atom. The van der Waals surface area contributed by atoms with Gasteiger partial charge in [-0.1, -0.05) is 6.92 Å². The van der Waals surface area contributed by atoms with Crippen molar-refractivity contribution in [3.63, 3.8) is 0 Å². The lowest BCUT2D eigenvalue weighted by Crippen LogP contribution is -2.63. The molecule has 3 heteroatoms. The predicted octanol–water partition coefficient (Wildman–Crippen LogP) is 1.48. The third kappa shape index (κ3) is 0.993. The van der Waals surface area contributed by atoms with Crippen LogP contribution in [0.4, 0.5) is 4.79 Å². The first-order valence-corrected chi connectivity index (χ1v) is 4.48. The molecule has 1 heterocycles. The van der Waals surface area contributed by atoms with Crippen LogP contribution in [0.3, 0.4) is 0 Å². The number of hydrogen-bond donors (Lipinski definition) is 0. The summed E-state index contributed by atoms with van der Waals surface area (Å²) in [5, 5.41) is 0. The Hall–Kier alpha value is -0.730. The third-order valence-electron chi connectivity index (χ3n) is 3.05. The second kappa shape index (κ2) is 2.38. The summed E-state index contributed by atoms with van der Waals surface area (Å²) < 4.78 is 4.63. The Morgan fingerprint density at radius 2 is 2.08 bits per heavy atom. The van der Waals surface area contributed by atoms with Gasteiger partial charge in [-0.25, -0.2) is 4.79 Å². The fourth-order valence-electron chi connectivity index (χ4n) is 2.70. The Bertz CT molecular complexity index is 201. The molecule has 1 aliphatic heterocycles. The van der Waals surface area contributed by atoms with Gasteiger partial charge in [0.05, 0.1) is 7.11 Å². The number of nitrogens with zero attached hydrogens (tertiary/aromatic N) is 1. The fraction of sp³-hybridized carbons (Fsp3) is 0.889. The molecular weight excluding hydrogens is 154 g/mol. The van der Waals surface area contributed by atoms with Crippen molar-refractivity contribution in [1.82, 2.24) is 4.90 Å². The van der Waals surface area contributed by atoms with E-state index in [1.54, 1.807) is 4.90 Å². The molecule has 0 aromatic rings. The number of rotatable bonds is 0. The lowest BCUT2D eigenvalue weighted by atomic mass is 9.58. The second-order valence-corrected chi connectivity index (χ2v) is 4.34. The molecule has 0 aromatic carbocycles. The predicted molar refractivity (Wildman–Crippen MR) is 44.8 cm³/mol. The SMILES string of the molecule is COC(=O)N1CC2(CC(C)C2)C1. The van der Waals surface area contributed by atoms with Crippen molar-refractivity contribution in [2.75, 3.05) is 20.2 Å². The van der Waals surface area contributed by atoms with Gasteiger partial charge in [0.15, 0.2) is 0 Å². The number of hydrogen-bond acceptors (Lipinski definition) is 2. The third-order valence-corrected chi connectivity index (χ3v) is 3.05. The van der Waals surface area contributed by atoms with Gasteiger partial charge in [-0.2, -0.15) is 0 Å². The molecule has 1 saturated carbocycles. The summed E-state index contributed by atoms with van der Waals surface area (Å²) in [7, 11) is 1.44. The molecule has 0 unspecified atom stereocenters. The van der Waals surface area contributed by atoms with E-state index in [-0.39, 0.29) is 6.09 Å². The zero-order valence-electron chi connectivity index (χ0n) is 7.67. The van der Waals surface area contributed by atoms with Crippen molar-refractivity contribution in [2.24, 2.45) is 11.3 Å². The normalized spacial score (nSPS) is 26.3. The molecular formula is C9H15NO2. The van der Waals surface area contributed by atoms with Crippen molar-refractivity contribution in [1.29, 1.82) is 0 Å². The second-order valence-electron chi connectivity index (χ2n) is 4.34. The summed E-state index contributed by atoms with van der Waals surface area (Å²) in [5.74, 6) is 0.866. The van der Waals surface area contributed by atoms with Crippen LogP contribution in [0.1, 0.15) is 19.8 Å². The van der Waals surface area contributed by atoms with Crippen molar-refractivity contribution in [3.8, 4) is 0 Å². The van der Waals surface area contributed by atoms with Crippen LogP contribution in [0.15, 0.2) is 0 Å². The maximum absolute atomic E-state index is 11.0. The first-order chi connectivity index (χ1) is 5.65. The van der Waals surface area contributed by atoms with E-state index in [2.05, 4.69) is 11.7 Å². The van der Waals surface area contributed by atoms with Crippen LogP contribution >= 0.6 is 0 Å².